The second-order valence-corrected chi connectivity index (χ2v) is 4.61. The van der Waals surface area contributed by atoms with E-state index in [0.717, 1.165) is 20.7 Å². The number of benzene rings is 1. The molecule has 0 unspecified atom stereocenters. The maximum atomic E-state index is 8.94. The lowest BCUT2D eigenvalue weighted by Crippen LogP contribution is -1.83. The molecule has 0 aliphatic rings. The maximum absolute atomic E-state index is 8.94. The number of anilines is 1. The minimum atomic E-state index is 0.704. The normalized spacial score (nSPS) is 10.3. The van der Waals surface area contributed by atoms with E-state index >= 15 is 0 Å². The Morgan fingerprint density at radius 3 is 2.93 bits per heavy atom. The predicted octanol–water partition coefficient (Wildman–Crippen LogP) is 3.08. The first-order chi connectivity index (χ1) is 6.76. The Balaban J connectivity index is 2.79. The van der Waals surface area contributed by atoms with E-state index in [4.69, 9.17) is 11.0 Å². The van der Waals surface area contributed by atoms with Crippen LogP contribution in [0, 0.1) is 11.3 Å². The van der Waals surface area contributed by atoms with Crippen LogP contribution in [-0.2, 0) is 0 Å². The van der Waals surface area contributed by atoms with E-state index in [0.29, 0.717) is 5.56 Å². The predicted molar refractivity (Wildman–Crippen MR) is 62.7 cm³/mol. The van der Waals surface area contributed by atoms with Crippen molar-refractivity contribution in [1.82, 2.24) is 0 Å². The third kappa shape index (κ3) is 1.35. The topological polar surface area (TPSA) is 49.8 Å². The molecule has 1 aromatic carbocycles. The molecular formula is C10H8N2S2. The number of hydrogen-bond donors (Lipinski definition) is 1. The minimum Gasteiger partial charge on any atom is -0.398 e. The maximum Gasteiger partial charge on any atom is 0.100 e. The van der Waals surface area contributed by atoms with Gasteiger partial charge in [0, 0.05) is 20.4 Å². The average Bonchev–Trinajstić information content (AvgIpc) is 2.58. The van der Waals surface area contributed by atoms with Crippen molar-refractivity contribution in [2.45, 2.75) is 4.90 Å². The number of nitrogens with two attached hydrogens (primary N) is 1. The summed E-state index contributed by atoms with van der Waals surface area (Å²) in [6.07, 6.45) is 1.97. The average molecular weight is 220 g/mol. The fourth-order valence-electron chi connectivity index (χ4n) is 1.33. The van der Waals surface area contributed by atoms with Crippen LogP contribution in [0.2, 0.25) is 0 Å². The Hall–Kier alpha value is -1.18. The SMILES string of the molecule is CSc1cc2scc(N)c2cc1C#N. The van der Waals surface area contributed by atoms with E-state index in [-0.39, 0.29) is 0 Å². The Morgan fingerprint density at radius 2 is 2.29 bits per heavy atom. The molecule has 0 fully saturated rings. The third-order valence-corrected chi connectivity index (χ3v) is 3.79. The molecule has 1 heterocycles. The molecule has 14 heavy (non-hydrogen) atoms. The van der Waals surface area contributed by atoms with Gasteiger partial charge < -0.3 is 5.73 Å². The first kappa shape index (κ1) is 9.38. The van der Waals surface area contributed by atoms with Gasteiger partial charge in [-0.1, -0.05) is 0 Å². The molecule has 2 rings (SSSR count). The Bertz CT molecular complexity index is 523. The van der Waals surface area contributed by atoms with Gasteiger partial charge in [-0.15, -0.1) is 23.1 Å². The quantitative estimate of drug-likeness (QED) is 0.751. The lowest BCUT2D eigenvalue weighted by molar-refractivity contribution is 1.40. The highest BCUT2D eigenvalue weighted by molar-refractivity contribution is 7.98. The van der Waals surface area contributed by atoms with Crippen LogP contribution in [0.4, 0.5) is 5.69 Å². The highest BCUT2D eigenvalue weighted by Gasteiger charge is 2.07. The van der Waals surface area contributed by atoms with Crippen LogP contribution >= 0.6 is 23.1 Å². The van der Waals surface area contributed by atoms with Gasteiger partial charge in [-0.3, -0.25) is 0 Å². The van der Waals surface area contributed by atoms with Crippen molar-refractivity contribution in [1.29, 1.82) is 5.26 Å². The zero-order valence-corrected chi connectivity index (χ0v) is 9.21. The van der Waals surface area contributed by atoms with Gasteiger partial charge in [0.15, 0.2) is 0 Å². The van der Waals surface area contributed by atoms with Crippen molar-refractivity contribution in [3.63, 3.8) is 0 Å². The van der Waals surface area contributed by atoms with Crippen LogP contribution in [0.15, 0.2) is 22.4 Å². The van der Waals surface area contributed by atoms with Gasteiger partial charge in [0.1, 0.15) is 6.07 Å². The van der Waals surface area contributed by atoms with E-state index in [2.05, 4.69) is 6.07 Å². The monoisotopic (exact) mass is 220 g/mol. The van der Waals surface area contributed by atoms with Crippen molar-refractivity contribution >= 4 is 38.9 Å². The standard InChI is InChI=1S/C10H8N2S2/c1-13-9-3-10-7(2-6(9)4-11)8(12)5-14-10/h2-3,5H,12H2,1H3. The molecule has 0 saturated carbocycles. The van der Waals surface area contributed by atoms with Crippen LogP contribution < -0.4 is 5.73 Å². The van der Waals surface area contributed by atoms with E-state index in [9.17, 15) is 0 Å². The number of rotatable bonds is 1. The Labute approximate surface area is 90.3 Å². The molecule has 2 N–H and O–H groups in total. The molecule has 0 saturated heterocycles. The van der Waals surface area contributed by atoms with Crippen LogP contribution in [-0.4, -0.2) is 6.26 Å². The number of nitriles is 1. The Morgan fingerprint density at radius 1 is 1.50 bits per heavy atom. The smallest absolute Gasteiger partial charge is 0.100 e. The van der Waals surface area contributed by atoms with Crippen molar-refractivity contribution in [3.8, 4) is 6.07 Å². The van der Waals surface area contributed by atoms with Gasteiger partial charge in [-0.2, -0.15) is 5.26 Å². The summed E-state index contributed by atoms with van der Waals surface area (Å²) in [7, 11) is 0. The summed E-state index contributed by atoms with van der Waals surface area (Å²) in [5.41, 5.74) is 7.25. The number of hydrogen-bond acceptors (Lipinski definition) is 4. The number of nitrogens with zero attached hydrogens (tertiary/aromatic N) is 1. The van der Waals surface area contributed by atoms with Crippen molar-refractivity contribution in [3.05, 3.63) is 23.1 Å². The van der Waals surface area contributed by atoms with Gasteiger partial charge >= 0.3 is 0 Å². The summed E-state index contributed by atoms with van der Waals surface area (Å²) < 4.78 is 1.14. The number of thiophene rings is 1. The van der Waals surface area contributed by atoms with Crippen molar-refractivity contribution in [2.24, 2.45) is 0 Å². The molecule has 1 aromatic heterocycles. The van der Waals surface area contributed by atoms with Crippen LogP contribution in [0.5, 0.6) is 0 Å². The lowest BCUT2D eigenvalue weighted by Gasteiger charge is -2.00. The van der Waals surface area contributed by atoms with Crippen LogP contribution in [0.3, 0.4) is 0 Å². The Kier molecular flexibility index (Phi) is 2.36. The zero-order chi connectivity index (χ0) is 10.1. The fraction of sp³-hybridized carbons (Fsp3) is 0.100. The zero-order valence-electron chi connectivity index (χ0n) is 7.57. The van der Waals surface area contributed by atoms with E-state index < -0.39 is 0 Å². The fourth-order valence-corrected chi connectivity index (χ4v) is 2.84. The highest BCUT2D eigenvalue weighted by Crippen LogP contribution is 2.33. The molecule has 0 amide bonds. The first-order valence-corrected chi connectivity index (χ1v) is 6.11. The summed E-state index contributed by atoms with van der Waals surface area (Å²) >= 11 is 3.20. The highest BCUT2D eigenvalue weighted by atomic mass is 32.2. The summed E-state index contributed by atoms with van der Waals surface area (Å²) in [6.45, 7) is 0. The molecule has 0 radical (unpaired) electrons. The van der Waals surface area contributed by atoms with Gasteiger partial charge in [0.25, 0.3) is 0 Å². The van der Waals surface area contributed by atoms with Crippen LogP contribution in [0.25, 0.3) is 10.1 Å². The molecule has 2 nitrogen and oxygen atoms in total. The second-order valence-electron chi connectivity index (χ2n) is 2.85. The largest absolute Gasteiger partial charge is 0.398 e. The molecular weight excluding hydrogens is 212 g/mol. The summed E-state index contributed by atoms with van der Waals surface area (Å²) in [6, 6.07) is 6.08. The number of fused-ring (bicyclic) bond motifs is 1. The van der Waals surface area contributed by atoms with Crippen molar-refractivity contribution in [2.75, 3.05) is 12.0 Å². The van der Waals surface area contributed by atoms with Gasteiger partial charge in [-0.05, 0) is 18.4 Å². The molecule has 4 heteroatoms. The molecule has 0 spiro atoms. The van der Waals surface area contributed by atoms with E-state index in [1.54, 1.807) is 23.1 Å². The molecule has 2 aromatic rings. The second kappa shape index (κ2) is 3.52. The van der Waals surface area contributed by atoms with Crippen molar-refractivity contribution < 1.29 is 0 Å². The van der Waals surface area contributed by atoms with Gasteiger partial charge in [0.2, 0.25) is 0 Å². The molecule has 70 valence electrons. The van der Waals surface area contributed by atoms with E-state index in [1.807, 2.05) is 23.8 Å². The number of nitrogen functional groups attached to an aromatic ring is 1. The summed E-state index contributed by atoms with van der Waals surface area (Å²) in [5, 5.41) is 11.8. The lowest BCUT2D eigenvalue weighted by atomic mass is 10.1. The number of thioether (sulfide) groups is 1. The summed E-state index contributed by atoms with van der Waals surface area (Å²) in [5.74, 6) is 0. The molecule has 0 aliphatic heterocycles. The minimum absolute atomic E-state index is 0.704. The van der Waals surface area contributed by atoms with Gasteiger partial charge in [0.05, 0.1) is 11.3 Å². The summed E-state index contributed by atoms with van der Waals surface area (Å²) in [4.78, 5) is 1.02. The molecule has 0 atom stereocenters. The molecule has 0 aliphatic carbocycles. The molecule has 0 bridgehead atoms. The third-order valence-electron chi connectivity index (χ3n) is 2.05. The van der Waals surface area contributed by atoms with Gasteiger partial charge in [-0.25, -0.2) is 0 Å². The first-order valence-electron chi connectivity index (χ1n) is 4.01. The van der Waals surface area contributed by atoms with E-state index in [1.165, 1.54) is 0 Å². The van der Waals surface area contributed by atoms with Crippen LogP contribution in [0.1, 0.15) is 5.56 Å².